The van der Waals surface area contributed by atoms with Crippen LogP contribution in [0.2, 0.25) is 0 Å². The quantitative estimate of drug-likeness (QED) is 0.765. The summed E-state index contributed by atoms with van der Waals surface area (Å²) in [6.45, 7) is 1.34. The Morgan fingerprint density at radius 1 is 1.11 bits per heavy atom. The van der Waals surface area contributed by atoms with E-state index in [9.17, 15) is 0 Å². The number of hydrogen-bond acceptors (Lipinski definition) is 2. The van der Waals surface area contributed by atoms with Crippen molar-refractivity contribution in [1.29, 1.82) is 0 Å². The smallest absolute Gasteiger partial charge is 0.132 e. The highest BCUT2D eigenvalue weighted by Gasteiger charge is 2.21. The van der Waals surface area contributed by atoms with E-state index in [1.54, 1.807) is 0 Å². The molecule has 2 aromatic carbocycles. The normalized spacial score (nSPS) is 17.8. The molecular formula is C16H15IO2. The molecule has 3 heteroatoms. The molecule has 2 nitrogen and oxygen atoms in total. The van der Waals surface area contributed by atoms with Gasteiger partial charge in [0.25, 0.3) is 0 Å². The molecule has 0 fully saturated rings. The standard InChI is InChI=1S/C16H15IO2/c17-14-7-3-4-8-15(14)19-11-16-13-6-2-1-5-12(13)9-10-18-16/h1-8,16H,9-11H2. The van der Waals surface area contributed by atoms with E-state index >= 15 is 0 Å². The molecule has 1 atom stereocenters. The zero-order valence-corrected chi connectivity index (χ0v) is 12.7. The van der Waals surface area contributed by atoms with Gasteiger partial charge in [0.1, 0.15) is 18.5 Å². The molecule has 0 aliphatic carbocycles. The van der Waals surface area contributed by atoms with Crippen molar-refractivity contribution in [2.75, 3.05) is 13.2 Å². The zero-order chi connectivity index (χ0) is 13.1. The van der Waals surface area contributed by atoms with E-state index in [1.807, 2.05) is 24.3 Å². The molecule has 0 aromatic heterocycles. The van der Waals surface area contributed by atoms with Gasteiger partial charge in [-0.15, -0.1) is 0 Å². The van der Waals surface area contributed by atoms with Crippen LogP contribution in [0.25, 0.3) is 0 Å². The number of para-hydroxylation sites is 1. The third-order valence-electron chi connectivity index (χ3n) is 3.32. The van der Waals surface area contributed by atoms with Crippen LogP contribution in [0, 0.1) is 3.57 Å². The second-order valence-corrected chi connectivity index (χ2v) is 5.71. The lowest BCUT2D eigenvalue weighted by molar-refractivity contribution is 0.0100. The van der Waals surface area contributed by atoms with Gasteiger partial charge in [0.15, 0.2) is 0 Å². The van der Waals surface area contributed by atoms with Crippen molar-refractivity contribution in [2.45, 2.75) is 12.5 Å². The van der Waals surface area contributed by atoms with E-state index in [1.165, 1.54) is 11.1 Å². The van der Waals surface area contributed by atoms with Crippen LogP contribution in [0.5, 0.6) is 5.75 Å². The lowest BCUT2D eigenvalue weighted by Gasteiger charge is -2.26. The monoisotopic (exact) mass is 366 g/mol. The van der Waals surface area contributed by atoms with Crippen molar-refractivity contribution in [2.24, 2.45) is 0 Å². The average molecular weight is 366 g/mol. The predicted molar refractivity (Wildman–Crippen MR) is 83.5 cm³/mol. The Morgan fingerprint density at radius 3 is 2.79 bits per heavy atom. The second kappa shape index (κ2) is 5.92. The summed E-state index contributed by atoms with van der Waals surface area (Å²) >= 11 is 2.29. The van der Waals surface area contributed by atoms with Crippen LogP contribution in [0.15, 0.2) is 48.5 Å². The largest absolute Gasteiger partial charge is 0.489 e. The fourth-order valence-corrected chi connectivity index (χ4v) is 2.89. The second-order valence-electron chi connectivity index (χ2n) is 4.55. The maximum Gasteiger partial charge on any atom is 0.132 e. The highest BCUT2D eigenvalue weighted by molar-refractivity contribution is 14.1. The molecule has 0 amide bonds. The molecule has 0 radical (unpaired) electrons. The van der Waals surface area contributed by atoms with Crippen LogP contribution in [0.4, 0.5) is 0 Å². The van der Waals surface area contributed by atoms with E-state index in [2.05, 4.69) is 46.9 Å². The van der Waals surface area contributed by atoms with E-state index in [0.717, 1.165) is 22.3 Å². The maximum atomic E-state index is 5.90. The first-order chi connectivity index (χ1) is 9.34. The van der Waals surface area contributed by atoms with Gasteiger partial charge in [-0.1, -0.05) is 36.4 Å². The molecule has 0 saturated carbocycles. The third-order valence-corrected chi connectivity index (χ3v) is 4.21. The first kappa shape index (κ1) is 12.9. The Bertz CT molecular complexity index is 568. The lowest BCUT2D eigenvalue weighted by Crippen LogP contribution is -2.21. The Hall–Kier alpha value is -1.07. The summed E-state index contributed by atoms with van der Waals surface area (Å²) in [6.07, 6.45) is 1.04. The van der Waals surface area contributed by atoms with Crippen LogP contribution in [-0.2, 0) is 11.2 Å². The molecule has 0 bridgehead atoms. The first-order valence-corrected chi connectivity index (χ1v) is 7.49. The lowest BCUT2D eigenvalue weighted by atomic mass is 9.98. The molecule has 0 spiro atoms. The summed E-state index contributed by atoms with van der Waals surface area (Å²) in [5, 5.41) is 0. The van der Waals surface area contributed by atoms with Gasteiger partial charge in [0.05, 0.1) is 10.2 Å². The Morgan fingerprint density at radius 2 is 1.89 bits per heavy atom. The minimum atomic E-state index is 0.0426. The van der Waals surface area contributed by atoms with Crippen LogP contribution >= 0.6 is 22.6 Å². The molecule has 2 aromatic rings. The fourth-order valence-electron chi connectivity index (χ4n) is 2.34. The van der Waals surface area contributed by atoms with Gasteiger partial charge in [-0.2, -0.15) is 0 Å². The first-order valence-electron chi connectivity index (χ1n) is 6.41. The van der Waals surface area contributed by atoms with Crippen LogP contribution in [0.3, 0.4) is 0 Å². The van der Waals surface area contributed by atoms with Gasteiger partial charge >= 0.3 is 0 Å². The summed E-state index contributed by atoms with van der Waals surface area (Å²) in [7, 11) is 0. The number of fused-ring (bicyclic) bond motifs is 1. The molecule has 1 unspecified atom stereocenters. The summed E-state index contributed by atoms with van der Waals surface area (Å²) in [6, 6.07) is 16.5. The number of ether oxygens (including phenoxy) is 2. The molecule has 3 rings (SSSR count). The minimum Gasteiger partial charge on any atom is -0.489 e. The Balaban J connectivity index is 1.73. The Kier molecular flexibility index (Phi) is 4.03. The molecule has 98 valence electrons. The summed E-state index contributed by atoms with van der Waals surface area (Å²) in [5.74, 6) is 0.926. The van der Waals surface area contributed by atoms with Crippen LogP contribution < -0.4 is 4.74 Å². The van der Waals surface area contributed by atoms with E-state index in [-0.39, 0.29) is 6.10 Å². The predicted octanol–water partition coefficient (Wildman–Crippen LogP) is 3.98. The third kappa shape index (κ3) is 2.92. The van der Waals surface area contributed by atoms with Crippen LogP contribution in [-0.4, -0.2) is 13.2 Å². The summed E-state index contributed by atoms with van der Waals surface area (Å²) < 4.78 is 12.9. The van der Waals surface area contributed by atoms with Gasteiger partial charge in [-0.3, -0.25) is 0 Å². The van der Waals surface area contributed by atoms with Gasteiger partial charge < -0.3 is 9.47 Å². The van der Waals surface area contributed by atoms with E-state index < -0.39 is 0 Å². The minimum absolute atomic E-state index is 0.0426. The molecule has 1 heterocycles. The number of benzene rings is 2. The van der Waals surface area contributed by atoms with Crippen LogP contribution in [0.1, 0.15) is 17.2 Å². The van der Waals surface area contributed by atoms with Crippen molar-refractivity contribution < 1.29 is 9.47 Å². The van der Waals surface area contributed by atoms with E-state index in [0.29, 0.717) is 6.61 Å². The summed E-state index contributed by atoms with van der Waals surface area (Å²) in [5.41, 5.74) is 2.64. The van der Waals surface area contributed by atoms with Crippen molar-refractivity contribution in [3.8, 4) is 5.75 Å². The van der Waals surface area contributed by atoms with Gasteiger partial charge in [-0.05, 0) is 52.3 Å². The molecule has 0 N–H and O–H groups in total. The van der Waals surface area contributed by atoms with Gasteiger partial charge in [0, 0.05) is 0 Å². The highest BCUT2D eigenvalue weighted by Crippen LogP contribution is 2.28. The zero-order valence-electron chi connectivity index (χ0n) is 10.5. The number of rotatable bonds is 3. The Labute approximate surface area is 126 Å². The highest BCUT2D eigenvalue weighted by atomic mass is 127. The molecule has 0 saturated heterocycles. The maximum absolute atomic E-state index is 5.90. The van der Waals surface area contributed by atoms with Crippen molar-refractivity contribution in [1.82, 2.24) is 0 Å². The number of halogens is 1. The molecule has 19 heavy (non-hydrogen) atoms. The van der Waals surface area contributed by atoms with Crippen molar-refractivity contribution in [3.63, 3.8) is 0 Å². The molecule has 1 aliphatic rings. The topological polar surface area (TPSA) is 18.5 Å². The number of hydrogen-bond donors (Lipinski definition) is 0. The fraction of sp³-hybridized carbons (Fsp3) is 0.250. The van der Waals surface area contributed by atoms with Crippen molar-refractivity contribution in [3.05, 3.63) is 63.2 Å². The van der Waals surface area contributed by atoms with Gasteiger partial charge in [-0.25, -0.2) is 0 Å². The molecular weight excluding hydrogens is 351 g/mol. The van der Waals surface area contributed by atoms with Crippen molar-refractivity contribution >= 4 is 22.6 Å². The van der Waals surface area contributed by atoms with Gasteiger partial charge in [0.2, 0.25) is 0 Å². The summed E-state index contributed by atoms with van der Waals surface area (Å²) in [4.78, 5) is 0. The SMILES string of the molecule is Ic1ccccc1OCC1OCCc2ccccc21. The van der Waals surface area contributed by atoms with E-state index in [4.69, 9.17) is 9.47 Å². The molecule has 1 aliphatic heterocycles. The average Bonchev–Trinajstić information content (AvgIpc) is 2.46.